The van der Waals surface area contributed by atoms with Gasteiger partial charge in [0.05, 0.1) is 19.2 Å². The molecule has 1 unspecified atom stereocenters. The highest BCUT2D eigenvalue weighted by Crippen LogP contribution is 2.32. The third kappa shape index (κ3) is 3.25. The molecule has 0 saturated carbocycles. The van der Waals surface area contributed by atoms with E-state index in [2.05, 4.69) is 10.1 Å². The number of nitrogens with zero attached hydrogens (tertiary/aromatic N) is 1. The van der Waals surface area contributed by atoms with Crippen molar-refractivity contribution >= 4 is 17.9 Å². The number of hydrogen-bond donors (Lipinski definition) is 1. The lowest BCUT2D eigenvalue weighted by molar-refractivity contribution is -0.131. The van der Waals surface area contributed by atoms with E-state index in [1.807, 2.05) is 0 Å². The lowest BCUT2D eigenvalue weighted by Gasteiger charge is -2.23. The topological polar surface area (TPSA) is 75.7 Å². The molecular weight excluding hydrogens is 358 g/mol. The van der Waals surface area contributed by atoms with E-state index in [9.17, 15) is 23.2 Å². The minimum Gasteiger partial charge on any atom is -0.465 e. The number of benzene rings is 2. The first kappa shape index (κ1) is 18.5. The molecule has 1 atom stereocenters. The normalized spacial score (nSPS) is 19.2. The number of methoxy groups -OCH3 is 1. The van der Waals surface area contributed by atoms with E-state index < -0.39 is 35.1 Å². The number of hydrogen-bond acceptors (Lipinski definition) is 4. The minimum atomic E-state index is -1.71. The molecule has 27 heavy (non-hydrogen) atoms. The van der Waals surface area contributed by atoms with Crippen LogP contribution >= 0.6 is 0 Å². The summed E-state index contributed by atoms with van der Waals surface area (Å²) in [6.07, 6.45) is 0. The Kier molecular flexibility index (Phi) is 4.65. The van der Waals surface area contributed by atoms with Crippen molar-refractivity contribution in [3.8, 4) is 0 Å². The first-order chi connectivity index (χ1) is 12.8. The summed E-state index contributed by atoms with van der Waals surface area (Å²) in [4.78, 5) is 37.5. The van der Waals surface area contributed by atoms with Crippen LogP contribution in [0, 0.1) is 11.6 Å². The molecule has 6 nitrogen and oxygen atoms in total. The van der Waals surface area contributed by atoms with Gasteiger partial charge in [-0.2, -0.15) is 0 Å². The fourth-order valence-corrected chi connectivity index (χ4v) is 2.95. The number of rotatable bonds is 4. The largest absolute Gasteiger partial charge is 0.465 e. The van der Waals surface area contributed by atoms with Crippen LogP contribution in [0.25, 0.3) is 0 Å². The van der Waals surface area contributed by atoms with Crippen molar-refractivity contribution in [2.24, 2.45) is 0 Å². The number of ether oxygens (including phenoxy) is 1. The molecule has 3 amide bonds. The molecule has 2 aromatic rings. The van der Waals surface area contributed by atoms with Crippen LogP contribution < -0.4 is 5.32 Å². The number of urea groups is 1. The quantitative estimate of drug-likeness (QED) is 0.660. The summed E-state index contributed by atoms with van der Waals surface area (Å²) >= 11 is 0. The van der Waals surface area contributed by atoms with E-state index in [4.69, 9.17) is 0 Å². The Labute approximate surface area is 153 Å². The molecular formula is C19H16F2N2O4. The zero-order valence-electron chi connectivity index (χ0n) is 14.6. The van der Waals surface area contributed by atoms with Gasteiger partial charge < -0.3 is 10.1 Å². The Morgan fingerprint density at radius 1 is 1.15 bits per heavy atom. The molecule has 2 aromatic carbocycles. The predicted molar refractivity (Wildman–Crippen MR) is 90.6 cm³/mol. The molecule has 1 saturated heterocycles. The third-order valence-corrected chi connectivity index (χ3v) is 4.46. The number of halogens is 2. The van der Waals surface area contributed by atoms with Crippen molar-refractivity contribution in [1.82, 2.24) is 10.2 Å². The summed E-state index contributed by atoms with van der Waals surface area (Å²) in [5.74, 6) is -2.72. The van der Waals surface area contributed by atoms with E-state index in [0.29, 0.717) is 11.1 Å². The Morgan fingerprint density at radius 2 is 1.81 bits per heavy atom. The van der Waals surface area contributed by atoms with Crippen LogP contribution in [-0.2, 0) is 21.6 Å². The van der Waals surface area contributed by atoms with Gasteiger partial charge in [-0.1, -0.05) is 12.1 Å². The predicted octanol–water partition coefficient (Wildman–Crippen LogP) is 2.72. The van der Waals surface area contributed by atoms with Gasteiger partial charge in [0, 0.05) is 5.56 Å². The van der Waals surface area contributed by atoms with Gasteiger partial charge >= 0.3 is 12.0 Å². The Balaban J connectivity index is 1.86. The van der Waals surface area contributed by atoms with Crippen LogP contribution in [0.1, 0.15) is 28.4 Å². The SMILES string of the molecule is COC(=O)c1ccc(CN2C(=O)NC(C)(c3cc(F)ccc3F)C2=O)cc1. The van der Waals surface area contributed by atoms with Gasteiger partial charge in [0.25, 0.3) is 5.91 Å². The highest BCUT2D eigenvalue weighted by molar-refractivity contribution is 6.07. The van der Waals surface area contributed by atoms with Crippen LogP contribution in [0.3, 0.4) is 0 Å². The van der Waals surface area contributed by atoms with Gasteiger partial charge in [-0.15, -0.1) is 0 Å². The van der Waals surface area contributed by atoms with Crippen molar-refractivity contribution in [2.75, 3.05) is 7.11 Å². The van der Waals surface area contributed by atoms with Crippen molar-refractivity contribution < 1.29 is 27.9 Å². The van der Waals surface area contributed by atoms with Gasteiger partial charge in [-0.25, -0.2) is 18.4 Å². The zero-order valence-corrected chi connectivity index (χ0v) is 14.6. The maximum absolute atomic E-state index is 14.1. The molecule has 0 radical (unpaired) electrons. The van der Waals surface area contributed by atoms with Crippen LogP contribution in [-0.4, -0.2) is 29.9 Å². The van der Waals surface area contributed by atoms with Crippen LogP contribution in [0.15, 0.2) is 42.5 Å². The lowest BCUT2D eigenvalue weighted by atomic mass is 9.91. The number of esters is 1. The first-order valence-corrected chi connectivity index (χ1v) is 8.03. The number of carbonyl (C=O) groups is 3. The van der Waals surface area contributed by atoms with Gasteiger partial charge in [0.15, 0.2) is 0 Å². The molecule has 1 aliphatic heterocycles. The molecule has 0 spiro atoms. The lowest BCUT2D eigenvalue weighted by Crippen LogP contribution is -2.41. The number of imide groups is 1. The Hall–Kier alpha value is -3.29. The number of amides is 3. The molecule has 1 heterocycles. The van der Waals surface area contributed by atoms with E-state index in [1.54, 1.807) is 12.1 Å². The third-order valence-electron chi connectivity index (χ3n) is 4.46. The summed E-state index contributed by atoms with van der Waals surface area (Å²) < 4.78 is 32.3. The maximum atomic E-state index is 14.1. The standard InChI is InChI=1S/C19H16F2N2O4/c1-19(14-9-13(20)7-8-15(14)21)17(25)23(18(26)22-19)10-11-3-5-12(6-4-11)16(24)27-2/h3-9H,10H2,1-2H3,(H,22,26). The second kappa shape index (κ2) is 6.79. The van der Waals surface area contributed by atoms with Crippen molar-refractivity contribution in [2.45, 2.75) is 19.0 Å². The fourth-order valence-electron chi connectivity index (χ4n) is 2.95. The van der Waals surface area contributed by atoms with Gasteiger partial charge in [0.1, 0.15) is 17.2 Å². The summed E-state index contributed by atoms with van der Waals surface area (Å²) in [5.41, 5.74) is -1.06. The fraction of sp³-hybridized carbons (Fsp3) is 0.211. The zero-order chi connectivity index (χ0) is 19.8. The molecule has 8 heteroatoms. The van der Waals surface area contributed by atoms with Crippen LogP contribution in [0.2, 0.25) is 0 Å². The van der Waals surface area contributed by atoms with Gasteiger partial charge in [0.2, 0.25) is 0 Å². The smallest absolute Gasteiger partial charge is 0.337 e. The average Bonchev–Trinajstić information content (AvgIpc) is 2.87. The number of nitrogens with one attached hydrogen (secondary N) is 1. The van der Waals surface area contributed by atoms with Crippen molar-refractivity contribution in [3.05, 3.63) is 70.8 Å². The summed E-state index contributed by atoms with van der Waals surface area (Å²) in [6, 6.07) is 8.17. The minimum absolute atomic E-state index is 0.0847. The molecule has 0 bridgehead atoms. The van der Waals surface area contributed by atoms with E-state index in [0.717, 1.165) is 23.1 Å². The summed E-state index contributed by atoms with van der Waals surface area (Å²) in [6.45, 7) is 1.24. The molecule has 3 rings (SSSR count). The summed E-state index contributed by atoms with van der Waals surface area (Å²) in [5, 5.41) is 2.43. The number of carbonyl (C=O) groups excluding carboxylic acids is 3. The molecule has 1 fully saturated rings. The molecule has 140 valence electrons. The molecule has 1 aliphatic rings. The maximum Gasteiger partial charge on any atom is 0.337 e. The molecule has 1 N–H and O–H groups in total. The average molecular weight is 374 g/mol. The Morgan fingerprint density at radius 3 is 2.44 bits per heavy atom. The van der Waals surface area contributed by atoms with Crippen LogP contribution in [0.4, 0.5) is 13.6 Å². The van der Waals surface area contributed by atoms with Gasteiger partial charge in [-0.3, -0.25) is 9.69 Å². The second-order valence-electron chi connectivity index (χ2n) is 6.26. The van der Waals surface area contributed by atoms with E-state index in [-0.39, 0.29) is 12.1 Å². The van der Waals surface area contributed by atoms with Crippen molar-refractivity contribution in [3.63, 3.8) is 0 Å². The summed E-state index contributed by atoms with van der Waals surface area (Å²) in [7, 11) is 1.26. The van der Waals surface area contributed by atoms with Crippen molar-refractivity contribution in [1.29, 1.82) is 0 Å². The first-order valence-electron chi connectivity index (χ1n) is 8.03. The van der Waals surface area contributed by atoms with E-state index >= 15 is 0 Å². The highest BCUT2D eigenvalue weighted by Gasteiger charge is 2.50. The second-order valence-corrected chi connectivity index (χ2v) is 6.26. The van der Waals surface area contributed by atoms with E-state index in [1.165, 1.54) is 26.2 Å². The Bertz CT molecular complexity index is 930. The molecule has 0 aromatic heterocycles. The highest BCUT2D eigenvalue weighted by atomic mass is 19.1. The monoisotopic (exact) mass is 374 g/mol. The van der Waals surface area contributed by atoms with Crippen LogP contribution in [0.5, 0.6) is 0 Å². The van der Waals surface area contributed by atoms with Gasteiger partial charge in [-0.05, 0) is 42.8 Å². The molecule has 0 aliphatic carbocycles.